The largest absolute Gasteiger partial charge is 0.493 e. The molecular formula is C24H29N3O3. The van der Waals surface area contributed by atoms with Crippen LogP contribution in [0.2, 0.25) is 0 Å². The van der Waals surface area contributed by atoms with Gasteiger partial charge in [0, 0.05) is 48.5 Å². The quantitative estimate of drug-likeness (QED) is 0.654. The van der Waals surface area contributed by atoms with Crippen molar-refractivity contribution in [3.63, 3.8) is 0 Å². The summed E-state index contributed by atoms with van der Waals surface area (Å²) in [6.07, 6.45) is 3.11. The lowest BCUT2D eigenvalue weighted by Crippen LogP contribution is -2.35. The molecule has 2 amide bonds. The predicted molar refractivity (Wildman–Crippen MR) is 119 cm³/mol. The minimum absolute atomic E-state index is 0.112. The van der Waals surface area contributed by atoms with Gasteiger partial charge in [0.15, 0.2) is 11.5 Å². The molecule has 1 aliphatic heterocycles. The van der Waals surface area contributed by atoms with E-state index in [1.807, 2.05) is 11.0 Å². The molecule has 4 rings (SSSR count). The highest BCUT2D eigenvalue weighted by molar-refractivity contribution is 5.92. The Kier molecular flexibility index (Phi) is 5.57. The summed E-state index contributed by atoms with van der Waals surface area (Å²) in [5.74, 6) is 1.81. The maximum absolute atomic E-state index is 13.0. The van der Waals surface area contributed by atoms with Gasteiger partial charge in [0.1, 0.15) is 0 Å². The summed E-state index contributed by atoms with van der Waals surface area (Å²) in [6.45, 7) is 6.75. The number of benzene rings is 2. The number of urea groups is 1. The molecule has 1 aromatic heterocycles. The summed E-state index contributed by atoms with van der Waals surface area (Å²) in [5, 5.41) is 4.31. The minimum Gasteiger partial charge on any atom is -0.493 e. The third kappa shape index (κ3) is 3.82. The van der Waals surface area contributed by atoms with Crippen LogP contribution in [-0.4, -0.2) is 36.3 Å². The van der Waals surface area contributed by atoms with Crippen LogP contribution < -0.4 is 14.8 Å². The Morgan fingerprint density at radius 1 is 1.10 bits per heavy atom. The number of ether oxygens (including phenoxy) is 2. The number of anilines is 1. The van der Waals surface area contributed by atoms with Crippen LogP contribution in [0.15, 0.2) is 42.6 Å². The summed E-state index contributed by atoms with van der Waals surface area (Å²) in [7, 11) is 3.18. The van der Waals surface area contributed by atoms with E-state index in [0.29, 0.717) is 36.2 Å². The zero-order chi connectivity index (χ0) is 21.3. The maximum Gasteiger partial charge on any atom is 0.322 e. The van der Waals surface area contributed by atoms with E-state index < -0.39 is 0 Å². The fourth-order valence-electron chi connectivity index (χ4n) is 4.21. The normalized spacial score (nSPS) is 13.4. The average Bonchev–Trinajstić information content (AvgIpc) is 2.96. The molecule has 2 aromatic carbocycles. The van der Waals surface area contributed by atoms with Crippen LogP contribution in [0.5, 0.6) is 11.5 Å². The number of hydrogen-bond donors (Lipinski definition) is 1. The average molecular weight is 408 g/mol. The van der Waals surface area contributed by atoms with Gasteiger partial charge in [-0.2, -0.15) is 0 Å². The van der Waals surface area contributed by atoms with E-state index in [0.717, 1.165) is 13.0 Å². The smallest absolute Gasteiger partial charge is 0.322 e. The van der Waals surface area contributed by atoms with Gasteiger partial charge < -0.3 is 24.3 Å². The number of carbonyl (C=O) groups is 1. The first-order valence-electron chi connectivity index (χ1n) is 10.4. The van der Waals surface area contributed by atoms with E-state index in [2.05, 4.69) is 48.1 Å². The van der Waals surface area contributed by atoms with E-state index in [9.17, 15) is 4.79 Å². The number of rotatable bonds is 5. The Balaban J connectivity index is 1.56. The Morgan fingerprint density at radius 3 is 2.63 bits per heavy atom. The van der Waals surface area contributed by atoms with Crippen LogP contribution in [0.1, 0.15) is 25.0 Å². The molecule has 0 unspecified atom stereocenters. The van der Waals surface area contributed by atoms with E-state index in [1.54, 1.807) is 26.4 Å². The van der Waals surface area contributed by atoms with Gasteiger partial charge >= 0.3 is 6.03 Å². The molecule has 2 heterocycles. The minimum atomic E-state index is -0.112. The van der Waals surface area contributed by atoms with Crippen LogP contribution >= 0.6 is 0 Å². The summed E-state index contributed by atoms with van der Waals surface area (Å²) in [4.78, 5) is 14.9. The molecule has 158 valence electrons. The second-order valence-corrected chi connectivity index (χ2v) is 8.18. The number of aromatic nitrogens is 1. The summed E-state index contributed by atoms with van der Waals surface area (Å²) < 4.78 is 13.0. The lowest BCUT2D eigenvalue weighted by molar-refractivity contribution is 0.210. The van der Waals surface area contributed by atoms with Gasteiger partial charge in [0.2, 0.25) is 0 Å². The van der Waals surface area contributed by atoms with Gasteiger partial charge in [-0.05, 0) is 41.7 Å². The van der Waals surface area contributed by atoms with Crippen molar-refractivity contribution in [1.82, 2.24) is 9.47 Å². The summed E-state index contributed by atoms with van der Waals surface area (Å²) >= 11 is 0. The molecule has 30 heavy (non-hydrogen) atoms. The number of nitrogens with one attached hydrogen (secondary N) is 1. The molecule has 6 nitrogen and oxygen atoms in total. The van der Waals surface area contributed by atoms with Gasteiger partial charge in [-0.3, -0.25) is 0 Å². The van der Waals surface area contributed by atoms with Crippen molar-refractivity contribution in [1.29, 1.82) is 0 Å². The first-order chi connectivity index (χ1) is 14.5. The zero-order valence-electron chi connectivity index (χ0n) is 18.1. The highest BCUT2D eigenvalue weighted by Crippen LogP contribution is 2.32. The Hall–Kier alpha value is -3.15. The highest BCUT2D eigenvalue weighted by atomic mass is 16.5. The molecule has 0 saturated carbocycles. The van der Waals surface area contributed by atoms with Gasteiger partial charge in [-0.15, -0.1) is 0 Å². The first kappa shape index (κ1) is 20.1. The number of hydrogen-bond acceptors (Lipinski definition) is 3. The molecule has 0 bridgehead atoms. The molecule has 0 aliphatic carbocycles. The molecule has 0 radical (unpaired) electrons. The van der Waals surface area contributed by atoms with Crippen LogP contribution in [-0.2, 0) is 19.5 Å². The lowest BCUT2D eigenvalue weighted by atomic mass is 10.1. The lowest BCUT2D eigenvalue weighted by Gasteiger charge is -2.22. The van der Waals surface area contributed by atoms with Crippen molar-refractivity contribution in [3.8, 4) is 11.5 Å². The fourth-order valence-corrected chi connectivity index (χ4v) is 4.21. The molecule has 0 spiro atoms. The molecule has 3 aromatic rings. The zero-order valence-corrected chi connectivity index (χ0v) is 18.1. The third-order valence-electron chi connectivity index (χ3n) is 5.57. The maximum atomic E-state index is 13.0. The topological polar surface area (TPSA) is 55.7 Å². The van der Waals surface area contributed by atoms with Crippen molar-refractivity contribution in [2.45, 2.75) is 33.4 Å². The Morgan fingerprint density at radius 2 is 1.90 bits per heavy atom. The molecular weight excluding hydrogens is 378 g/mol. The fraction of sp³-hybridized carbons (Fsp3) is 0.375. The monoisotopic (exact) mass is 407 g/mol. The molecule has 1 aliphatic rings. The van der Waals surface area contributed by atoms with E-state index in [1.165, 1.54) is 22.0 Å². The van der Waals surface area contributed by atoms with E-state index in [4.69, 9.17) is 9.47 Å². The Bertz CT molecular complexity index is 1070. The number of methoxy groups -OCH3 is 2. The number of carbonyl (C=O) groups excluding carboxylic acids is 1. The summed E-state index contributed by atoms with van der Waals surface area (Å²) in [5.41, 5.74) is 4.47. The Labute approximate surface area is 177 Å². The van der Waals surface area contributed by atoms with Crippen molar-refractivity contribution in [2.24, 2.45) is 5.92 Å². The van der Waals surface area contributed by atoms with Gasteiger partial charge in [-0.1, -0.05) is 26.0 Å². The van der Waals surface area contributed by atoms with Crippen molar-refractivity contribution in [2.75, 3.05) is 26.1 Å². The van der Waals surface area contributed by atoms with E-state index in [-0.39, 0.29) is 6.03 Å². The van der Waals surface area contributed by atoms with E-state index >= 15 is 0 Å². The standard InChI is InChI=1S/C24H29N3O3/c1-16(2)13-27-15-18-10-11-26(14-17-6-5-7-20(27)23(17)18)24(28)25-19-8-9-21(29-3)22(12-19)30-4/h5-9,12,15-16H,10-11,13-14H2,1-4H3,(H,25,28). The second kappa shape index (κ2) is 8.30. The van der Waals surface area contributed by atoms with Crippen LogP contribution in [0.3, 0.4) is 0 Å². The molecule has 0 atom stereocenters. The number of nitrogens with zero attached hydrogens (tertiary/aromatic N) is 2. The molecule has 1 N–H and O–H groups in total. The first-order valence-corrected chi connectivity index (χ1v) is 10.4. The van der Waals surface area contributed by atoms with Crippen molar-refractivity contribution < 1.29 is 14.3 Å². The summed E-state index contributed by atoms with van der Waals surface area (Å²) in [6, 6.07) is 11.7. The van der Waals surface area contributed by atoms with Crippen LogP contribution in [0, 0.1) is 5.92 Å². The molecule has 0 saturated heterocycles. The SMILES string of the molecule is COc1ccc(NC(=O)N2CCc3cn(CC(C)C)c4cccc(c34)C2)cc1OC. The highest BCUT2D eigenvalue weighted by Gasteiger charge is 2.23. The van der Waals surface area contributed by atoms with Crippen LogP contribution in [0.4, 0.5) is 10.5 Å². The molecule has 6 heteroatoms. The van der Waals surface area contributed by atoms with Gasteiger partial charge in [-0.25, -0.2) is 4.79 Å². The van der Waals surface area contributed by atoms with Crippen molar-refractivity contribution >= 4 is 22.6 Å². The van der Waals surface area contributed by atoms with Gasteiger partial charge in [0.05, 0.1) is 14.2 Å². The number of amides is 2. The van der Waals surface area contributed by atoms with Crippen molar-refractivity contribution in [3.05, 3.63) is 53.7 Å². The predicted octanol–water partition coefficient (Wildman–Crippen LogP) is 4.90. The third-order valence-corrected chi connectivity index (χ3v) is 5.57. The van der Waals surface area contributed by atoms with Gasteiger partial charge in [0.25, 0.3) is 0 Å². The second-order valence-electron chi connectivity index (χ2n) is 8.18. The molecule has 0 fully saturated rings. The van der Waals surface area contributed by atoms with Crippen LogP contribution in [0.25, 0.3) is 10.9 Å².